The maximum Gasteiger partial charge on any atom is 0.264 e. The first kappa shape index (κ1) is 24.8. The van der Waals surface area contributed by atoms with E-state index in [1.807, 2.05) is 13.8 Å². The van der Waals surface area contributed by atoms with Gasteiger partial charge in [-0.1, -0.05) is 35.4 Å². The molecule has 33 heavy (non-hydrogen) atoms. The molecule has 0 spiro atoms. The molecule has 0 aliphatic heterocycles. The lowest BCUT2D eigenvalue weighted by atomic mass is 10.2. The van der Waals surface area contributed by atoms with E-state index in [4.69, 9.17) is 0 Å². The molecule has 0 unspecified atom stereocenters. The van der Waals surface area contributed by atoms with E-state index >= 15 is 0 Å². The second-order valence-corrected chi connectivity index (χ2v) is 10.7. The van der Waals surface area contributed by atoms with Crippen molar-refractivity contribution >= 4 is 33.4 Å². The van der Waals surface area contributed by atoms with Crippen molar-refractivity contribution in [2.45, 2.75) is 30.1 Å². The van der Waals surface area contributed by atoms with Gasteiger partial charge in [0, 0.05) is 11.4 Å². The van der Waals surface area contributed by atoms with E-state index in [0.29, 0.717) is 6.54 Å². The average Bonchev–Trinajstić information content (AvgIpc) is 2.79. The fourth-order valence-electron chi connectivity index (χ4n) is 3.07. The number of carbonyl (C=O) groups excluding carboxylic acids is 1. The van der Waals surface area contributed by atoms with E-state index in [2.05, 4.69) is 29.6 Å². The van der Waals surface area contributed by atoms with Crippen molar-refractivity contribution in [3.63, 3.8) is 0 Å². The van der Waals surface area contributed by atoms with Crippen molar-refractivity contribution in [1.82, 2.24) is 5.32 Å². The Hall–Kier alpha value is -2.84. The number of nitrogens with one attached hydrogen (secondary N) is 1. The first-order chi connectivity index (χ1) is 15.8. The van der Waals surface area contributed by atoms with Crippen molar-refractivity contribution in [2.75, 3.05) is 23.1 Å². The fraction of sp³-hybridized carbons (Fsp3) is 0.240. The molecule has 0 fully saturated rings. The zero-order valence-electron chi connectivity index (χ0n) is 18.6. The molecule has 5 nitrogen and oxygen atoms in total. The normalized spacial score (nSPS) is 11.2. The molecule has 0 radical (unpaired) electrons. The number of benzene rings is 3. The van der Waals surface area contributed by atoms with Crippen LogP contribution in [0.4, 0.5) is 10.1 Å². The molecule has 0 saturated carbocycles. The standard InChI is InChI=1S/C25H27FN2O3S2/c1-19-4-12-23(13-5-19)32-17-3-16-27-25(29)18-28(22-10-8-21(26)9-11-22)33(30,31)24-14-6-20(2)7-15-24/h4-15H,3,16-18H2,1-2H3,(H,27,29). The summed E-state index contributed by atoms with van der Waals surface area (Å²) in [4.78, 5) is 13.8. The molecule has 1 N–H and O–H groups in total. The topological polar surface area (TPSA) is 66.5 Å². The lowest BCUT2D eigenvalue weighted by molar-refractivity contribution is -0.119. The SMILES string of the molecule is Cc1ccc(SCCCNC(=O)CN(c2ccc(F)cc2)S(=O)(=O)c2ccc(C)cc2)cc1. The molecule has 3 aromatic carbocycles. The highest BCUT2D eigenvalue weighted by Crippen LogP contribution is 2.24. The fourth-order valence-corrected chi connectivity index (χ4v) is 5.34. The maximum atomic E-state index is 13.4. The third-order valence-corrected chi connectivity index (χ3v) is 7.83. The highest BCUT2D eigenvalue weighted by molar-refractivity contribution is 7.99. The van der Waals surface area contributed by atoms with E-state index in [0.717, 1.165) is 22.0 Å². The highest BCUT2D eigenvalue weighted by Gasteiger charge is 2.27. The first-order valence-electron chi connectivity index (χ1n) is 10.6. The van der Waals surface area contributed by atoms with Crippen LogP contribution in [0, 0.1) is 19.7 Å². The van der Waals surface area contributed by atoms with Gasteiger partial charge in [-0.3, -0.25) is 9.10 Å². The van der Waals surface area contributed by atoms with Gasteiger partial charge in [-0.15, -0.1) is 11.8 Å². The Kier molecular flexibility index (Phi) is 8.52. The average molecular weight is 487 g/mol. The summed E-state index contributed by atoms with van der Waals surface area (Å²) in [5, 5.41) is 2.79. The number of aryl methyl sites for hydroxylation is 2. The molecule has 174 valence electrons. The van der Waals surface area contributed by atoms with Gasteiger partial charge in [-0.05, 0) is 74.6 Å². The summed E-state index contributed by atoms with van der Waals surface area (Å²) >= 11 is 1.70. The Morgan fingerprint density at radius 2 is 1.48 bits per heavy atom. The minimum Gasteiger partial charge on any atom is -0.354 e. The number of anilines is 1. The van der Waals surface area contributed by atoms with Crippen LogP contribution in [0.1, 0.15) is 17.5 Å². The van der Waals surface area contributed by atoms with Crippen molar-refractivity contribution in [1.29, 1.82) is 0 Å². The quantitative estimate of drug-likeness (QED) is 0.326. The first-order valence-corrected chi connectivity index (χ1v) is 13.0. The number of hydrogen-bond donors (Lipinski definition) is 1. The van der Waals surface area contributed by atoms with Gasteiger partial charge < -0.3 is 5.32 Å². The van der Waals surface area contributed by atoms with Crippen molar-refractivity contribution < 1.29 is 17.6 Å². The third-order valence-electron chi connectivity index (χ3n) is 4.94. The van der Waals surface area contributed by atoms with E-state index in [1.165, 1.54) is 46.9 Å². The van der Waals surface area contributed by atoms with Crippen LogP contribution in [0.15, 0.2) is 82.6 Å². The number of sulfonamides is 1. The van der Waals surface area contributed by atoms with Gasteiger partial charge in [0.05, 0.1) is 10.6 Å². The van der Waals surface area contributed by atoms with E-state index in [1.54, 1.807) is 23.9 Å². The van der Waals surface area contributed by atoms with Gasteiger partial charge >= 0.3 is 0 Å². The number of carbonyl (C=O) groups is 1. The third kappa shape index (κ3) is 7.07. The van der Waals surface area contributed by atoms with Crippen LogP contribution >= 0.6 is 11.8 Å². The van der Waals surface area contributed by atoms with E-state index in [-0.39, 0.29) is 10.6 Å². The molecule has 1 amide bonds. The summed E-state index contributed by atoms with van der Waals surface area (Å²) in [5.74, 6) is -0.0792. The number of nitrogens with zero attached hydrogens (tertiary/aromatic N) is 1. The van der Waals surface area contributed by atoms with Crippen LogP contribution in [-0.2, 0) is 14.8 Å². The molecule has 0 bridgehead atoms. The van der Waals surface area contributed by atoms with E-state index in [9.17, 15) is 17.6 Å². The molecule has 3 rings (SSSR count). The number of thioether (sulfide) groups is 1. The minimum atomic E-state index is -4.01. The maximum absolute atomic E-state index is 13.4. The number of amides is 1. The lowest BCUT2D eigenvalue weighted by Crippen LogP contribution is -2.41. The second kappa shape index (κ2) is 11.3. The zero-order chi connectivity index (χ0) is 23.8. The lowest BCUT2D eigenvalue weighted by Gasteiger charge is -2.24. The molecule has 0 aliphatic rings. The minimum absolute atomic E-state index is 0.0692. The summed E-state index contributed by atoms with van der Waals surface area (Å²) < 4.78 is 41.0. The van der Waals surface area contributed by atoms with Gasteiger partial charge in [0.2, 0.25) is 5.91 Å². The van der Waals surface area contributed by atoms with Gasteiger partial charge in [0.25, 0.3) is 10.0 Å². The molecular weight excluding hydrogens is 459 g/mol. The van der Waals surface area contributed by atoms with Crippen LogP contribution in [0.3, 0.4) is 0 Å². The Morgan fingerprint density at radius 1 is 0.909 bits per heavy atom. The van der Waals surface area contributed by atoms with Gasteiger partial charge in [-0.25, -0.2) is 12.8 Å². The number of hydrogen-bond acceptors (Lipinski definition) is 4. The molecule has 0 aromatic heterocycles. The molecule has 0 heterocycles. The largest absolute Gasteiger partial charge is 0.354 e. The molecule has 0 atom stereocenters. The van der Waals surface area contributed by atoms with Gasteiger partial charge in [0.1, 0.15) is 12.4 Å². The van der Waals surface area contributed by atoms with Crippen LogP contribution in [0.2, 0.25) is 0 Å². The predicted octanol–water partition coefficient (Wildman–Crippen LogP) is 4.94. The summed E-state index contributed by atoms with van der Waals surface area (Å²) in [6, 6.07) is 19.7. The van der Waals surface area contributed by atoms with Crippen molar-refractivity contribution in [3.05, 3.63) is 89.7 Å². The smallest absolute Gasteiger partial charge is 0.264 e. The molecule has 3 aromatic rings. The molecular formula is C25H27FN2O3S2. The van der Waals surface area contributed by atoms with Crippen LogP contribution in [0.25, 0.3) is 0 Å². The molecule has 0 aliphatic carbocycles. The Bertz CT molecular complexity index is 1160. The van der Waals surface area contributed by atoms with Gasteiger partial charge in [0.15, 0.2) is 0 Å². The molecule has 8 heteroatoms. The summed E-state index contributed by atoms with van der Waals surface area (Å²) in [5.41, 5.74) is 2.35. The van der Waals surface area contributed by atoms with Crippen molar-refractivity contribution in [2.24, 2.45) is 0 Å². The Balaban J connectivity index is 1.63. The number of rotatable bonds is 10. The zero-order valence-corrected chi connectivity index (χ0v) is 20.3. The molecule has 0 saturated heterocycles. The summed E-state index contributed by atoms with van der Waals surface area (Å²) in [7, 11) is -4.01. The van der Waals surface area contributed by atoms with Crippen LogP contribution in [0.5, 0.6) is 0 Å². The highest BCUT2D eigenvalue weighted by atomic mass is 32.2. The van der Waals surface area contributed by atoms with E-state index < -0.39 is 28.3 Å². The summed E-state index contributed by atoms with van der Waals surface area (Å²) in [6.45, 7) is 3.93. The van der Waals surface area contributed by atoms with Crippen molar-refractivity contribution in [3.8, 4) is 0 Å². The monoisotopic (exact) mass is 486 g/mol. The van der Waals surface area contributed by atoms with Crippen LogP contribution in [-0.4, -0.2) is 33.2 Å². The van der Waals surface area contributed by atoms with Crippen LogP contribution < -0.4 is 9.62 Å². The van der Waals surface area contributed by atoms with Gasteiger partial charge in [-0.2, -0.15) is 0 Å². The Labute approximate surface area is 199 Å². The number of halogens is 1. The summed E-state index contributed by atoms with van der Waals surface area (Å²) in [6.07, 6.45) is 0.742. The second-order valence-electron chi connectivity index (χ2n) is 7.67. The Morgan fingerprint density at radius 3 is 2.09 bits per heavy atom. The predicted molar refractivity (Wildman–Crippen MR) is 132 cm³/mol.